The van der Waals surface area contributed by atoms with Gasteiger partial charge in [-0.05, 0) is 26.3 Å². The summed E-state index contributed by atoms with van der Waals surface area (Å²) in [4.78, 5) is 56.9. The van der Waals surface area contributed by atoms with Crippen LogP contribution in [-0.4, -0.2) is 71.1 Å². The summed E-state index contributed by atoms with van der Waals surface area (Å²) in [5, 5.41) is 24.1. The van der Waals surface area contributed by atoms with E-state index in [1.165, 1.54) is 6.92 Å². The maximum absolute atomic E-state index is 11.9. The first-order valence-electron chi connectivity index (χ1n) is 8.36. The zero-order valence-electron chi connectivity index (χ0n) is 15.1. The van der Waals surface area contributed by atoms with E-state index in [1.54, 1.807) is 0 Å². The van der Waals surface area contributed by atoms with Gasteiger partial charge in [-0.2, -0.15) is 0 Å². The monoisotopic (exact) mass is 389 g/mol. The van der Waals surface area contributed by atoms with Crippen molar-refractivity contribution in [1.82, 2.24) is 16.0 Å². The van der Waals surface area contributed by atoms with E-state index in [-0.39, 0.29) is 0 Å². The lowest BCUT2D eigenvalue weighted by molar-refractivity contribution is -0.147. The van der Waals surface area contributed by atoms with E-state index in [9.17, 15) is 24.0 Å². The Hall–Kier alpha value is -2.73. The number of carbonyl (C=O) groups is 5. The molecule has 0 radical (unpaired) electrons. The molecule has 3 atom stereocenters. The van der Waals surface area contributed by atoms with Crippen molar-refractivity contribution in [3.8, 4) is 0 Å². The number of rotatable bonds is 13. The van der Waals surface area contributed by atoms with Crippen molar-refractivity contribution < 1.29 is 34.2 Å². The molecule has 12 heteroatoms. The molecule has 0 fully saturated rings. The summed E-state index contributed by atoms with van der Waals surface area (Å²) in [6.07, 6.45) is 1.02. The van der Waals surface area contributed by atoms with Crippen molar-refractivity contribution in [2.45, 2.75) is 50.7 Å². The highest BCUT2D eigenvalue weighted by Crippen LogP contribution is 1.98. The third-order valence-corrected chi connectivity index (χ3v) is 3.49. The Kier molecular flexibility index (Phi) is 11.3. The third kappa shape index (κ3) is 10.8. The second-order valence-corrected chi connectivity index (χ2v) is 5.90. The van der Waals surface area contributed by atoms with Crippen molar-refractivity contribution >= 4 is 29.7 Å². The van der Waals surface area contributed by atoms with Crippen LogP contribution < -0.4 is 27.4 Å². The fourth-order valence-corrected chi connectivity index (χ4v) is 1.97. The first kappa shape index (κ1) is 24.3. The molecule has 0 aromatic carbocycles. The Morgan fingerprint density at radius 1 is 1.00 bits per heavy atom. The van der Waals surface area contributed by atoms with Crippen molar-refractivity contribution in [1.29, 1.82) is 0 Å². The average Bonchev–Trinajstić information content (AvgIpc) is 2.58. The summed E-state index contributed by atoms with van der Waals surface area (Å²) in [6, 6.07) is -3.54. The molecule has 27 heavy (non-hydrogen) atoms. The number of carbonyl (C=O) groups excluding carboxylic acids is 3. The van der Waals surface area contributed by atoms with Crippen LogP contribution >= 0.6 is 0 Å². The van der Waals surface area contributed by atoms with Crippen molar-refractivity contribution in [3.05, 3.63) is 0 Å². The zero-order chi connectivity index (χ0) is 21.0. The van der Waals surface area contributed by atoms with Crippen LogP contribution in [0, 0.1) is 0 Å². The number of nitrogens with one attached hydrogen (secondary N) is 3. The predicted molar refractivity (Wildman–Crippen MR) is 93.3 cm³/mol. The topological polar surface area (TPSA) is 214 Å². The minimum absolute atomic E-state index is 0.418. The third-order valence-electron chi connectivity index (χ3n) is 3.49. The predicted octanol–water partition coefficient (Wildman–Crippen LogP) is -2.89. The minimum atomic E-state index is -1.62. The smallest absolute Gasteiger partial charge is 0.326 e. The van der Waals surface area contributed by atoms with Crippen LogP contribution in [-0.2, 0) is 24.0 Å². The van der Waals surface area contributed by atoms with Gasteiger partial charge in [-0.1, -0.05) is 6.42 Å². The molecule has 0 aliphatic carbocycles. The van der Waals surface area contributed by atoms with Crippen LogP contribution in [0.3, 0.4) is 0 Å². The molecule has 12 nitrogen and oxygen atoms in total. The molecule has 0 bridgehead atoms. The lowest BCUT2D eigenvalue weighted by Crippen LogP contribution is -2.53. The number of amides is 3. The van der Waals surface area contributed by atoms with E-state index in [4.69, 9.17) is 21.7 Å². The zero-order valence-corrected chi connectivity index (χ0v) is 15.1. The van der Waals surface area contributed by atoms with Crippen molar-refractivity contribution in [2.75, 3.05) is 13.1 Å². The molecule has 3 amide bonds. The summed E-state index contributed by atoms with van der Waals surface area (Å²) in [6.45, 7) is 1.36. The van der Waals surface area contributed by atoms with Gasteiger partial charge in [-0.3, -0.25) is 19.2 Å². The van der Waals surface area contributed by atoms with E-state index in [1.807, 2.05) is 5.32 Å². The summed E-state index contributed by atoms with van der Waals surface area (Å²) >= 11 is 0. The minimum Gasteiger partial charge on any atom is -0.481 e. The number of carboxylic acid groups (broad SMARTS) is 2. The van der Waals surface area contributed by atoms with E-state index < -0.39 is 60.8 Å². The van der Waals surface area contributed by atoms with Gasteiger partial charge in [0.1, 0.15) is 12.1 Å². The maximum Gasteiger partial charge on any atom is 0.326 e. The number of nitrogens with two attached hydrogens (primary N) is 2. The first-order valence-corrected chi connectivity index (χ1v) is 8.36. The number of hydrogen-bond acceptors (Lipinski definition) is 7. The summed E-state index contributed by atoms with van der Waals surface area (Å²) in [5.74, 6) is -5.00. The van der Waals surface area contributed by atoms with Gasteiger partial charge in [0.25, 0.3) is 0 Å². The lowest BCUT2D eigenvalue weighted by Gasteiger charge is -2.18. The summed E-state index contributed by atoms with van der Waals surface area (Å²) < 4.78 is 0. The van der Waals surface area contributed by atoms with Crippen LogP contribution in [0.15, 0.2) is 0 Å². The van der Waals surface area contributed by atoms with Gasteiger partial charge >= 0.3 is 11.9 Å². The van der Waals surface area contributed by atoms with Gasteiger partial charge in [0.05, 0.1) is 19.0 Å². The van der Waals surface area contributed by atoms with Crippen molar-refractivity contribution in [2.24, 2.45) is 11.5 Å². The molecule has 0 aliphatic heterocycles. The van der Waals surface area contributed by atoms with Gasteiger partial charge in [0, 0.05) is 0 Å². The van der Waals surface area contributed by atoms with E-state index in [0.717, 1.165) is 6.42 Å². The standard InChI is InChI=1S/C15H27N5O7/c1-8(13(24)20-10(15(26)27)6-12(22)23)19-11(21)7-18-14(25)9(17)4-2-3-5-16/h8-10H,2-7,16-17H2,1H3,(H,18,25)(H,19,21)(H,20,24)(H,22,23)(H,26,27). The SMILES string of the molecule is CC(NC(=O)CNC(=O)C(N)CCCCN)C(=O)NC(CC(=O)O)C(=O)O. The molecule has 9 N–H and O–H groups in total. The number of hydrogen-bond donors (Lipinski definition) is 7. The molecule has 0 spiro atoms. The highest BCUT2D eigenvalue weighted by molar-refractivity contribution is 5.93. The van der Waals surface area contributed by atoms with Gasteiger partial charge in [-0.25, -0.2) is 4.79 Å². The lowest BCUT2D eigenvalue weighted by atomic mass is 10.1. The van der Waals surface area contributed by atoms with E-state index in [2.05, 4.69) is 10.6 Å². The molecular formula is C15H27N5O7. The van der Waals surface area contributed by atoms with Crippen LogP contribution in [0.5, 0.6) is 0 Å². The molecule has 0 aromatic heterocycles. The maximum atomic E-state index is 11.9. The van der Waals surface area contributed by atoms with E-state index in [0.29, 0.717) is 19.4 Å². The Morgan fingerprint density at radius 3 is 2.15 bits per heavy atom. The first-order chi connectivity index (χ1) is 12.6. The Morgan fingerprint density at radius 2 is 1.63 bits per heavy atom. The van der Waals surface area contributed by atoms with Gasteiger partial charge in [0.15, 0.2) is 0 Å². The molecule has 0 aromatic rings. The Balaban J connectivity index is 4.35. The van der Waals surface area contributed by atoms with Crippen LogP contribution in [0.25, 0.3) is 0 Å². The Labute approximate surface area is 156 Å². The fraction of sp³-hybridized carbons (Fsp3) is 0.667. The molecule has 0 saturated heterocycles. The van der Waals surface area contributed by atoms with Gasteiger partial charge in [0.2, 0.25) is 17.7 Å². The van der Waals surface area contributed by atoms with Crippen molar-refractivity contribution in [3.63, 3.8) is 0 Å². The van der Waals surface area contributed by atoms with Crippen LogP contribution in [0.4, 0.5) is 0 Å². The second-order valence-electron chi connectivity index (χ2n) is 5.90. The number of unbranched alkanes of at least 4 members (excludes halogenated alkanes) is 1. The molecule has 0 rings (SSSR count). The average molecular weight is 389 g/mol. The van der Waals surface area contributed by atoms with Crippen LogP contribution in [0.1, 0.15) is 32.6 Å². The van der Waals surface area contributed by atoms with Gasteiger partial charge in [-0.15, -0.1) is 0 Å². The van der Waals surface area contributed by atoms with E-state index >= 15 is 0 Å². The molecular weight excluding hydrogens is 362 g/mol. The highest BCUT2D eigenvalue weighted by Gasteiger charge is 2.26. The molecule has 0 saturated carbocycles. The summed E-state index contributed by atoms with van der Waals surface area (Å²) in [5.41, 5.74) is 11.0. The largest absolute Gasteiger partial charge is 0.481 e. The molecule has 0 heterocycles. The molecule has 0 aliphatic rings. The molecule has 3 unspecified atom stereocenters. The second kappa shape index (κ2) is 12.6. The highest BCUT2D eigenvalue weighted by atomic mass is 16.4. The van der Waals surface area contributed by atoms with Gasteiger partial charge < -0.3 is 37.6 Å². The normalized spacial score (nSPS) is 13.7. The van der Waals surface area contributed by atoms with Crippen LogP contribution in [0.2, 0.25) is 0 Å². The summed E-state index contributed by atoms with van der Waals surface area (Å²) in [7, 11) is 0. The quantitative estimate of drug-likeness (QED) is 0.161. The fourth-order valence-electron chi connectivity index (χ4n) is 1.97. The number of carboxylic acids is 2. The molecule has 154 valence electrons. The number of aliphatic carboxylic acids is 2. The Bertz CT molecular complexity index is 555.